The Hall–Kier alpha value is -2.57. The van der Waals surface area contributed by atoms with Crippen molar-refractivity contribution >= 4 is 28.9 Å². The zero-order chi connectivity index (χ0) is 19.5. The molecule has 28 heavy (non-hydrogen) atoms. The predicted octanol–water partition coefficient (Wildman–Crippen LogP) is 5.88. The van der Waals surface area contributed by atoms with E-state index in [4.69, 9.17) is 16.3 Å². The van der Waals surface area contributed by atoms with E-state index in [9.17, 15) is 4.39 Å². The van der Waals surface area contributed by atoms with Crippen LogP contribution < -0.4 is 4.74 Å². The molecule has 0 atom stereocenters. The normalized spacial score (nSPS) is 11.1. The average molecular weight is 414 g/mol. The average Bonchev–Trinajstić information content (AvgIpc) is 3.13. The quantitative estimate of drug-likeness (QED) is 0.370. The largest absolute Gasteiger partial charge is 0.492 e. The first kappa shape index (κ1) is 18.8. The summed E-state index contributed by atoms with van der Waals surface area (Å²) in [6.45, 7) is 2.48. The molecule has 0 aliphatic heterocycles. The van der Waals surface area contributed by atoms with Gasteiger partial charge in [0.15, 0.2) is 0 Å². The highest BCUT2D eigenvalue weighted by molar-refractivity contribution is 7.98. The molecule has 0 aliphatic carbocycles. The summed E-state index contributed by atoms with van der Waals surface area (Å²) in [5, 5.41) is 6.02. The molecule has 0 spiro atoms. The molecule has 0 fully saturated rings. The molecule has 0 amide bonds. The van der Waals surface area contributed by atoms with Gasteiger partial charge in [0.05, 0.1) is 22.8 Å². The van der Waals surface area contributed by atoms with Crippen molar-refractivity contribution in [2.75, 3.05) is 6.61 Å². The van der Waals surface area contributed by atoms with E-state index in [1.54, 1.807) is 34.7 Å². The number of nitrogens with zero attached hydrogens (tertiary/aromatic N) is 3. The molecule has 0 unspecified atom stereocenters. The standard InChI is InChI=1S/C21H17ClFN3OS/c1-2-27-20-7-6-15(11-17(20)22)18-12-19-21(24-8-9-26(19)25-18)28-13-14-4-3-5-16(23)10-14/h3-12H,2,13H2,1H3. The molecule has 0 aliphatic rings. The van der Waals surface area contributed by atoms with Crippen LogP contribution in [0.15, 0.2) is 66.0 Å². The highest BCUT2D eigenvalue weighted by Crippen LogP contribution is 2.32. The molecule has 0 radical (unpaired) electrons. The lowest BCUT2D eigenvalue weighted by Crippen LogP contribution is -1.93. The first-order valence-electron chi connectivity index (χ1n) is 8.78. The topological polar surface area (TPSA) is 39.4 Å². The lowest BCUT2D eigenvalue weighted by Gasteiger charge is -2.06. The van der Waals surface area contributed by atoms with Gasteiger partial charge in [-0.3, -0.25) is 0 Å². The van der Waals surface area contributed by atoms with Crippen LogP contribution in [-0.4, -0.2) is 21.2 Å². The van der Waals surface area contributed by atoms with Crippen molar-refractivity contribution in [3.63, 3.8) is 0 Å². The van der Waals surface area contributed by atoms with Crippen LogP contribution in [0.3, 0.4) is 0 Å². The van der Waals surface area contributed by atoms with Gasteiger partial charge in [0.1, 0.15) is 16.6 Å². The third kappa shape index (κ3) is 3.98. The molecule has 0 saturated heterocycles. The van der Waals surface area contributed by atoms with Gasteiger partial charge in [-0.15, -0.1) is 0 Å². The van der Waals surface area contributed by atoms with E-state index in [1.165, 1.54) is 12.1 Å². The van der Waals surface area contributed by atoms with Crippen molar-refractivity contribution < 1.29 is 9.13 Å². The Morgan fingerprint density at radius 2 is 2.07 bits per heavy atom. The summed E-state index contributed by atoms with van der Waals surface area (Å²) >= 11 is 7.86. The summed E-state index contributed by atoms with van der Waals surface area (Å²) in [6.07, 6.45) is 3.52. The van der Waals surface area contributed by atoms with E-state index in [-0.39, 0.29) is 5.82 Å². The third-order valence-corrected chi connectivity index (χ3v) is 5.51. The third-order valence-electron chi connectivity index (χ3n) is 4.15. The minimum Gasteiger partial charge on any atom is -0.492 e. The molecule has 4 rings (SSSR count). The maximum absolute atomic E-state index is 13.4. The maximum atomic E-state index is 13.4. The van der Waals surface area contributed by atoms with Gasteiger partial charge in [-0.05, 0) is 48.9 Å². The summed E-state index contributed by atoms with van der Waals surface area (Å²) in [5.41, 5.74) is 3.50. The Kier molecular flexibility index (Phi) is 5.50. The molecule has 2 aromatic carbocycles. The van der Waals surface area contributed by atoms with Gasteiger partial charge in [-0.25, -0.2) is 13.9 Å². The first-order chi connectivity index (χ1) is 13.6. The molecular formula is C21H17ClFN3OS. The smallest absolute Gasteiger partial charge is 0.137 e. The summed E-state index contributed by atoms with van der Waals surface area (Å²) in [7, 11) is 0. The van der Waals surface area contributed by atoms with E-state index in [0.717, 1.165) is 27.4 Å². The lowest BCUT2D eigenvalue weighted by molar-refractivity contribution is 0.340. The Labute approximate surface area is 171 Å². The van der Waals surface area contributed by atoms with Crippen molar-refractivity contribution in [2.24, 2.45) is 0 Å². The SMILES string of the molecule is CCOc1ccc(-c2cc3c(SCc4cccc(F)c4)nccn3n2)cc1Cl. The van der Waals surface area contributed by atoms with E-state index in [0.29, 0.717) is 23.1 Å². The Balaban J connectivity index is 1.62. The number of benzene rings is 2. The number of thioether (sulfide) groups is 1. The minimum absolute atomic E-state index is 0.233. The second kappa shape index (κ2) is 8.20. The van der Waals surface area contributed by atoms with Gasteiger partial charge in [-0.1, -0.05) is 35.5 Å². The van der Waals surface area contributed by atoms with E-state index in [1.807, 2.05) is 37.3 Å². The summed E-state index contributed by atoms with van der Waals surface area (Å²) in [5.74, 6) is 1.05. The molecule has 4 nitrogen and oxygen atoms in total. The van der Waals surface area contributed by atoms with Crippen LogP contribution in [-0.2, 0) is 5.75 Å². The van der Waals surface area contributed by atoms with E-state index < -0.39 is 0 Å². The number of fused-ring (bicyclic) bond motifs is 1. The number of ether oxygens (including phenoxy) is 1. The van der Waals surface area contributed by atoms with Crippen LogP contribution >= 0.6 is 23.4 Å². The zero-order valence-electron chi connectivity index (χ0n) is 15.1. The fourth-order valence-electron chi connectivity index (χ4n) is 2.86. The van der Waals surface area contributed by atoms with Crippen LogP contribution in [0, 0.1) is 5.82 Å². The van der Waals surface area contributed by atoms with Crippen molar-refractivity contribution in [1.29, 1.82) is 0 Å². The Morgan fingerprint density at radius 1 is 1.18 bits per heavy atom. The molecule has 4 aromatic rings. The molecular weight excluding hydrogens is 397 g/mol. The Bertz CT molecular complexity index is 1130. The van der Waals surface area contributed by atoms with Crippen molar-refractivity contribution in [2.45, 2.75) is 17.7 Å². The molecule has 2 aromatic heterocycles. The fourth-order valence-corrected chi connectivity index (χ4v) is 4.02. The predicted molar refractivity (Wildman–Crippen MR) is 111 cm³/mol. The Morgan fingerprint density at radius 3 is 2.86 bits per heavy atom. The molecule has 7 heteroatoms. The monoisotopic (exact) mass is 413 g/mol. The number of hydrogen-bond donors (Lipinski definition) is 0. The second-order valence-electron chi connectivity index (χ2n) is 6.09. The highest BCUT2D eigenvalue weighted by atomic mass is 35.5. The van der Waals surface area contributed by atoms with Crippen molar-refractivity contribution in [1.82, 2.24) is 14.6 Å². The van der Waals surface area contributed by atoms with Gasteiger partial charge < -0.3 is 4.74 Å². The summed E-state index contributed by atoms with van der Waals surface area (Å²) in [6, 6.07) is 14.2. The summed E-state index contributed by atoms with van der Waals surface area (Å²) < 4.78 is 20.7. The highest BCUT2D eigenvalue weighted by Gasteiger charge is 2.12. The van der Waals surface area contributed by atoms with Gasteiger partial charge in [0.2, 0.25) is 0 Å². The molecule has 2 heterocycles. The summed E-state index contributed by atoms with van der Waals surface area (Å²) in [4.78, 5) is 4.47. The van der Waals surface area contributed by atoms with Gasteiger partial charge in [0.25, 0.3) is 0 Å². The van der Waals surface area contributed by atoms with Crippen LogP contribution in [0.25, 0.3) is 16.8 Å². The first-order valence-corrected chi connectivity index (χ1v) is 10.1. The number of hydrogen-bond acceptors (Lipinski definition) is 4. The molecule has 0 N–H and O–H groups in total. The van der Waals surface area contributed by atoms with Gasteiger partial charge in [0, 0.05) is 23.7 Å². The lowest BCUT2D eigenvalue weighted by atomic mass is 10.1. The second-order valence-corrected chi connectivity index (χ2v) is 7.46. The van der Waals surface area contributed by atoms with Gasteiger partial charge >= 0.3 is 0 Å². The molecule has 142 valence electrons. The zero-order valence-corrected chi connectivity index (χ0v) is 16.7. The van der Waals surface area contributed by atoms with E-state index >= 15 is 0 Å². The maximum Gasteiger partial charge on any atom is 0.137 e. The molecule has 0 saturated carbocycles. The van der Waals surface area contributed by atoms with Crippen molar-refractivity contribution in [3.05, 3.63) is 77.3 Å². The van der Waals surface area contributed by atoms with Crippen molar-refractivity contribution in [3.8, 4) is 17.0 Å². The van der Waals surface area contributed by atoms with Crippen LogP contribution in [0.2, 0.25) is 5.02 Å². The van der Waals surface area contributed by atoms with Crippen LogP contribution in [0.5, 0.6) is 5.75 Å². The van der Waals surface area contributed by atoms with Gasteiger partial charge in [-0.2, -0.15) is 5.10 Å². The number of rotatable bonds is 6. The van der Waals surface area contributed by atoms with Crippen LogP contribution in [0.4, 0.5) is 4.39 Å². The molecule has 0 bridgehead atoms. The number of halogens is 2. The van der Waals surface area contributed by atoms with E-state index in [2.05, 4.69) is 10.1 Å². The van der Waals surface area contributed by atoms with Crippen LogP contribution in [0.1, 0.15) is 12.5 Å². The fraction of sp³-hybridized carbons (Fsp3) is 0.143. The number of aromatic nitrogens is 3. The minimum atomic E-state index is -0.233.